The van der Waals surface area contributed by atoms with Crippen molar-refractivity contribution in [2.24, 2.45) is 0 Å². The molecule has 0 amide bonds. The van der Waals surface area contributed by atoms with Crippen molar-refractivity contribution in [2.75, 3.05) is 14.1 Å². The molecule has 2 heteroatoms. The Morgan fingerprint density at radius 3 is 2.29 bits per heavy atom. The van der Waals surface area contributed by atoms with Crippen LogP contribution in [0.25, 0.3) is 0 Å². The Bertz CT molecular complexity index is 173. The van der Waals surface area contributed by atoms with E-state index < -0.39 is 0 Å². The zero-order valence-electron chi connectivity index (χ0n) is 9.75. The van der Waals surface area contributed by atoms with Gasteiger partial charge in [-0.25, -0.2) is 0 Å². The summed E-state index contributed by atoms with van der Waals surface area (Å²) in [5, 5.41) is 0. The largest absolute Gasteiger partial charge is 0.383 e. The Morgan fingerprint density at radius 1 is 1.14 bits per heavy atom. The van der Waals surface area contributed by atoms with Crippen molar-refractivity contribution in [2.45, 2.75) is 45.4 Å². The molecule has 2 nitrogen and oxygen atoms in total. The highest BCUT2D eigenvalue weighted by atomic mass is 16.1. The maximum atomic E-state index is 10.7. The highest BCUT2D eigenvalue weighted by Gasteiger charge is 1.96. The average molecular weight is 197 g/mol. The van der Waals surface area contributed by atoms with E-state index in [-0.39, 0.29) is 0 Å². The number of aldehydes is 1. The quantitative estimate of drug-likeness (QED) is 0.339. The lowest BCUT2D eigenvalue weighted by molar-refractivity contribution is -0.105. The highest BCUT2D eigenvalue weighted by Crippen LogP contribution is 2.09. The fourth-order valence-electron chi connectivity index (χ4n) is 1.42. The monoisotopic (exact) mass is 197 g/mol. The molecule has 0 aromatic heterocycles. The number of carbonyl (C=O) groups is 1. The van der Waals surface area contributed by atoms with Gasteiger partial charge < -0.3 is 4.90 Å². The van der Waals surface area contributed by atoms with E-state index >= 15 is 0 Å². The van der Waals surface area contributed by atoms with E-state index in [1.807, 2.05) is 25.2 Å². The van der Waals surface area contributed by atoms with Gasteiger partial charge in [0.1, 0.15) is 6.29 Å². The van der Waals surface area contributed by atoms with Crippen molar-refractivity contribution >= 4 is 6.29 Å². The normalized spacial score (nSPS) is 11.5. The predicted octanol–water partition coefficient (Wildman–Crippen LogP) is 2.99. The second kappa shape index (κ2) is 8.79. The maximum absolute atomic E-state index is 10.7. The molecular formula is C12H23NO. The number of unbranched alkanes of at least 4 members (excludes halogenated alkanes) is 4. The lowest BCUT2D eigenvalue weighted by atomic mass is 10.1. The van der Waals surface area contributed by atoms with Gasteiger partial charge in [0.25, 0.3) is 0 Å². The highest BCUT2D eigenvalue weighted by molar-refractivity contribution is 5.72. The molecule has 0 fully saturated rings. The fraction of sp³-hybridized carbons (Fsp3) is 0.750. The maximum Gasteiger partial charge on any atom is 0.147 e. The van der Waals surface area contributed by atoms with Crippen molar-refractivity contribution < 1.29 is 4.79 Å². The summed E-state index contributed by atoms with van der Waals surface area (Å²) in [6.07, 6.45) is 10.1. The molecule has 0 spiro atoms. The van der Waals surface area contributed by atoms with Gasteiger partial charge >= 0.3 is 0 Å². The first-order chi connectivity index (χ1) is 6.70. The molecule has 82 valence electrons. The molecule has 0 aliphatic carbocycles. The average Bonchev–Trinajstić information content (AvgIpc) is 2.15. The topological polar surface area (TPSA) is 20.3 Å². The van der Waals surface area contributed by atoms with Crippen LogP contribution in [0.15, 0.2) is 11.8 Å². The van der Waals surface area contributed by atoms with Crippen LogP contribution in [0.4, 0.5) is 0 Å². The van der Waals surface area contributed by atoms with E-state index in [1.165, 1.54) is 25.7 Å². The third kappa shape index (κ3) is 7.84. The van der Waals surface area contributed by atoms with Crippen LogP contribution in [-0.4, -0.2) is 25.3 Å². The van der Waals surface area contributed by atoms with Crippen LogP contribution in [0.3, 0.4) is 0 Å². The molecule has 0 atom stereocenters. The van der Waals surface area contributed by atoms with Crippen LogP contribution in [0, 0.1) is 0 Å². The van der Waals surface area contributed by atoms with Crippen molar-refractivity contribution in [3.63, 3.8) is 0 Å². The van der Waals surface area contributed by atoms with Gasteiger partial charge in [0.2, 0.25) is 0 Å². The van der Waals surface area contributed by atoms with Crippen molar-refractivity contribution in [1.82, 2.24) is 4.90 Å². The van der Waals surface area contributed by atoms with Crippen molar-refractivity contribution in [1.29, 1.82) is 0 Å². The number of allylic oxidation sites excluding steroid dienone is 1. The molecule has 0 rings (SSSR count). The molecule has 0 radical (unpaired) electrons. The van der Waals surface area contributed by atoms with Crippen molar-refractivity contribution in [3.05, 3.63) is 11.8 Å². The third-order valence-corrected chi connectivity index (χ3v) is 2.14. The molecule has 0 N–H and O–H groups in total. The van der Waals surface area contributed by atoms with Crippen LogP contribution in [-0.2, 0) is 4.79 Å². The van der Waals surface area contributed by atoms with Gasteiger partial charge in [-0.15, -0.1) is 0 Å². The molecule has 0 aliphatic heterocycles. The second-order valence-electron chi connectivity index (χ2n) is 3.95. The molecule has 14 heavy (non-hydrogen) atoms. The van der Waals surface area contributed by atoms with Crippen LogP contribution >= 0.6 is 0 Å². The number of hydrogen-bond donors (Lipinski definition) is 0. The van der Waals surface area contributed by atoms with E-state index in [1.54, 1.807) is 0 Å². The SMILES string of the molecule is CCCCCCC/C(C=O)=C/N(C)C. The molecule has 0 saturated heterocycles. The summed E-state index contributed by atoms with van der Waals surface area (Å²) in [5.74, 6) is 0. The third-order valence-electron chi connectivity index (χ3n) is 2.14. The van der Waals surface area contributed by atoms with Gasteiger partial charge in [-0.05, 0) is 12.8 Å². The minimum Gasteiger partial charge on any atom is -0.383 e. The summed E-state index contributed by atoms with van der Waals surface area (Å²) in [7, 11) is 3.89. The molecule has 0 unspecified atom stereocenters. The summed E-state index contributed by atoms with van der Waals surface area (Å²) in [6, 6.07) is 0. The Morgan fingerprint density at radius 2 is 1.79 bits per heavy atom. The van der Waals surface area contributed by atoms with Crippen LogP contribution < -0.4 is 0 Å². The summed E-state index contributed by atoms with van der Waals surface area (Å²) in [5.41, 5.74) is 0.909. The Kier molecular flexibility index (Phi) is 8.30. The summed E-state index contributed by atoms with van der Waals surface area (Å²) < 4.78 is 0. The lowest BCUT2D eigenvalue weighted by Gasteiger charge is -2.07. The summed E-state index contributed by atoms with van der Waals surface area (Å²) in [4.78, 5) is 12.6. The number of rotatable bonds is 8. The minimum atomic E-state index is 0.909. The van der Waals surface area contributed by atoms with Gasteiger partial charge in [-0.1, -0.05) is 32.6 Å². The zero-order chi connectivity index (χ0) is 10.8. The van der Waals surface area contributed by atoms with Gasteiger partial charge in [0, 0.05) is 25.9 Å². The standard InChI is InChI=1S/C12H23NO/c1-4-5-6-7-8-9-12(11-14)10-13(2)3/h10-11H,4-9H2,1-3H3/b12-10-. The molecule has 0 bridgehead atoms. The molecular weight excluding hydrogens is 174 g/mol. The molecule has 0 heterocycles. The number of carbonyl (C=O) groups excluding carboxylic acids is 1. The Balaban J connectivity index is 3.58. The Hall–Kier alpha value is -0.790. The molecule has 0 aromatic carbocycles. The van der Waals surface area contributed by atoms with Gasteiger partial charge in [0.05, 0.1) is 0 Å². The van der Waals surface area contributed by atoms with Crippen molar-refractivity contribution in [3.8, 4) is 0 Å². The van der Waals surface area contributed by atoms with E-state index in [0.717, 1.165) is 24.7 Å². The number of hydrogen-bond acceptors (Lipinski definition) is 2. The zero-order valence-corrected chi connectivity index (χ0v) is 9.75. The van der Waals surface area contributed by atoms with Gasteiger partial charge in [-0.2, -0.15) is 0 Å². The summed E-state index contributed by atoms with van der Waals surface area (Å²) >= 11 is 0. The van der Waals surface area contributed by atoms with Crippen LogP contribution in [0.1, 0.15) is 45.4 Å². The lowest BCUT2D eigenvalue weighted by Crippen LogP contribution is -2.03. The van der Waals surface area contributed by atoms with Crippen LogP contribution in [0.2, 0.25) is 0 Å². The fourth-order valence-corrected chi connectivity index (χ4v) is 1.42. The van der Waals surface area contributed by atoms with Gasteiger partial charge in [0.15, 0.2) is 0 Å². The van der Waals surface area contributed by atoms with E-state index in [9.17, 15) is 4.79 Å². The molecule has 0 saturated carbocycles. The summed E-state index contributed by atoms with van der Waals surface area (Å²) in [6.45, 7) is 2.21. The minimum absolute atomic E-state index is 0.909. The van der Waals surface area contributed by atoms with E-state index in [2.05, 4.69) is 6.92 Å². The Labute approximate surface area is 88.0 Å². The first-order valence-electron chi connectivity index (χ1n) is 5.53. The van der Waals surface area contributed by atoms with E-state index in [0.29, 0.717) is 0 Å². The first-order valence-corrected chi connectivity index (χ1v) is 5.53. The smallest absolute Gasteiger partial charge is 0.147 e. The van der Waals surface area contributed by atoms with E-state index in [4.69, 9.17) is 0 Å². The first kappa shape index (κ1) is 13.2. The van der Waals surface area contributed by atoms with Gasteiger partial charge in [-0.3, -0.25) is 4.79 Å². The second-order valence-corrected chi connectivity index (χ2v) is 3.95. The predicted molar refractivity (Wildman–Crippen MR) is 61.2 cm³/mol. The number of nitrogens with zero attached hydrogens (tertiary/aromatic N) is 1. The molecule has 0 aromatic rings. The van der Waals surface area contributed by atoms with Crippen LogP contribution in [0.5, 0.6) is 0 Å². The molecule has 0 aliphatic rings.